The average molecular weight is 299 g/mol. The summed E-state index contributed by atoms with van der Waals surface area (Å²) in [6.45, 7) is 3.10. The Labute approximate surface area is 113 Å². The molecule has 0 aliphatic rings. The summed E-state index contributed by atoms with van der Waals surface area (Å²) in [6, 6.07) is 1.62. The van der Waals surface area contributed by atoms with Crippen molar-refractivity contribution in [1.82, 2.24) is 5.32 Å². The standard InChI is InChI=1S/C12H17F4NOS/c1-3-17-10(9-4-5-19-8(9)2)6-18-7-12(15,16)11(13)14/h4-5,10-11,17H,3,6-7H2,1-2H3. The summed E-state index contributed by atoms with van der Waals surface area (Å²) >= 11 is 1.54. The summed E-state index contributed by atoms with van der Waals surface area (Å²) in [5.41, 5.74) is 0.951. The maximum absolute atomic E-state index is 12.7. The van der Waals surface area contributed by atoms with Crippen molar-refractivity contribution in [3.8, 4) is 0 Å². The second-order valence-electron chi connectivity index (χ2n) is 4.12. The molecule has 1 aromatic heterocycles. The van der Waals surface area contributed by atoms with Crippen molar-refractivity contribution >= 4 is 11.3 Å². The molecule has 0 aliphatic heterocycles. The van der Waals surface area contributed by atoms with Gasteiger partial charge in [0.1, 0.15) is 6.61 Å². The summed E-state index contributed by atoms with van der Waals surface area (Å²) in [4.78, 5) is 1.05. The minimum atomic E-state index is -4.10. The molecule has 1 aromatic rings. The number of hydrogen-bond acceptors (Lipinski definition) is 3. The van der Waals surface area contributed by atoms with Gasteiger partial charge in [-0.3, -0.25) is 0 Å². The number of likely N-dealkylation sites (N-methyl/N-ethyl adjacent to an activating group) is 1. The van der Waals surface area contributed by atoms with Crippen molar-refractivity contribution in [1.29, 1.82) is 0 Å². The molecular formula is C12H17F4NOS. The van der Waals surface area contributed by atoms with E-state index in [1.165, 1.54) is 11.3 Å². The van der Waals surface area contributed by atoms with Crippen LogP contribution in [-0.2, 0) is 4.74 Å². The van der Waals surface area contributed by atoms with Crippen molar-refractivity contribution in [3.63, 3.8) is 0 Å². The average Bonchev–Trinajstić information content (AvgIpc) is 2.74. The van der Waals surface area contributed by atoms with Crippen LogP contribution in [0.25, 0.3) is 0 Å². The first-order valence-electron chi connectivity index (χ1n) is 5.89. The fourth-order valence-corrected chi connectivity index (χ4v) is 2.40. The molecule has 19 heavy (non-hydrogen) atoms. The summed E-state index contributed by atoms with van der Waals surface area (Å²) in [6.07, 6.45) is -3.70. The molecule has 2 nitrogen and oxygen atoms in total. The van der Waals surface area contributed by atoms with Gasteiger partial charge in [0.15, 0.2) is 0 Å². The molecule has 1 unspecified atom stereocenters. The van der Waals surface area contributed by atoms with Gasteiger partial charge >= 0.3 is 12.3 Å². The lowest BCUT2D eigenvalue weighted by molar-refractivity contribution is -0.167. The molecule has 0 fully saturated rings. The van der Waals surface area contributed by atoms with Crippen molar-refractivity contribution in [2.45, 2.75) is 32.2 Å². The van der Waals surface area contributed by atoms with E-state index >= 15 is 0 Å². The first-order valence-corrected chi connectivity index (χ1v) is 6.77. The summed E-state index contributed by atoms with van der Waals surface area (Å²) in [7, 11) is 0. The van der Waals surface area contributed by atoms with Gasteiger partial charge in [-0.05, 0) is 30.5 Å². The van der Waals surface area contributed by atoms with Crippen LogP contribution in [0, 0.1) is 6.92 Å². The fraction of sp³-hybridized carbons (Fsp3) is 0.667. The largest absolute Gasteiger partial charge is 0.373 e. The fourth-order valence-electron chi connectivity index (χ4n) is 1.64. The van der Waals surface area contributed by atoms with Crippen LogP contribution < -0.4 is 5.32 Å². The van der Waals surface area contributed by atoms with Crippen LogP contribution in [-0.4, -0.2) is 32.1 Å². The van der Waals surface area contributed by atoms with E-state index in [-0.39, 0.29) is 12.6 Å². The maximum Gasteiger partial charge on any atom is 0.330 e. The van der Waals surface area contributed by atoms with Crippen LogP contribution in [0.3, 0.4) is 0 Å². The second-order valence-corrected chi connectivity index (χ2v) is 5.24. The number of aryl methyl sites for hydroxylation is 1. The number of nitrogens with one attached hydrogen (secondary N) is 1. The van der Waals surface area contributed by atoms with Gasteiger partial charge in [-0.25, -0.2) is 8.78 Å². The van der Waals surface area contributed by atoms with E-state index in [2.05, 4.69) is 5.32 Å². The first-order chi connectivity index (χ1) is 8.88. The highest BCUT2D eigenvalue weighted by Gasteiger charge is 2.41. The van der Waals surface area contributed by atoms with Crippen molar-refractivity contribution in [2.24, 2.45) is 0 Å². The molecule has 0 bridgehead atoms. The van der Waals surface area contributed by atoms with E-state index in [1.54, 1.807) is 0 Å². The highest BCUT2D eigenvalue weighted by Crippen LogP contribution is 2.25. The Bertz CT molecular complexity index is 384. The Morgan fingerprint density at radius 2 is 2.11 bits per heavy atom. The molecule has 1 rings (SSSR count). The van der Waals surface area contributed by atoms with Gasteiger partial charge in [0, 0.05) is 4.88 Å². The molecular weight excluding hydrogens is 282 g/mol. The molecule has 1 heterocycles. The maximum atomic E-state index is 12.7. The van der Waals surface area contributed by atoms with Crippen molar-refractivity contribution < 1.29 is 22.3 Å². The smallest absolute Gasteiger partial charge is 0.330 e. The number of halogens is 4. The van der Waals surface area contributed by atoms with Gasteiger partial charge in [0.2, 0.25) is 0 Å². The predicted octanol–water partition coefficient (Wildman–Crippen LogP) is 3.62. The lowest BCUT2D eigenvalue weighted by Gasteiger charge is -2.20. The van der Waals surface area contributed by atoms with Gasteiger partial charge in [0.25, 0.3) is 0 Å². The van der Waals surface area contributed by atoms with Crippen LogP contribution >= 0.6 is 11.3 Å². The van der Waals surface area contributed by atoms with E-state index < -0.39 is 19.0 Å². The van der Waals surface area contributed by atoms with E-state index in [4.69, 9.17) is 4.74 Å². The zero-order chi connectivity index (χ0) is 14.5. The monoisotopic (exact) mass is 299 g/mol. The van der Waals surface area contributed by atoms with Crippen molar-refractivity contribution in [2.75, 3.05) is 19.8 Å². The Balaban J connectivity index is 2.54. The number of ether oxygens (including phenoxy) is 1. The zero-order valence-electron chi connectivity index (χ0n) is 10.8. The van der Waals surface area contributed by atoms with Crippen LogP contribution in [0.5, 0.6) is 0 Å². The first kappa shape index (κ1) is 16.4. The lowest BCUT2D eigenvalue weighted by Crippen LogP contribution is -2.34. The second kappa shape index (κ2) is 7.21. The van der Waals surface area contributed by atoms with Crippen LogP contribution in [0.15, 0.2) is 11.4 Å². The minimum Gasteiger partial charge on any atom is -0.373 e. The third-order valence-corrected chi connectivity index (χ3v) is 3.48. The molecule has 0 spiro atoms. The SMILES string of the molecule is CCNC(COCC(F)(F)C(F)F)c1ccsc1C. The van der Waals surface area contributed by atoms with Crippen LogP contribution in [0.1, 0.15) is 23.4 Å². The number of hydrogen-bond donors (Lipinski definition) is 1. The summed E-state index contributed by atoms with van der Waals surface area (Å²) < 4.78 is 54.1. The molecule has 0 radical (unpaired) electrons. The van der Waals surface area contributed by atoms with Gasteiger partial charge in [-0.15, -0.1) is 11.3 Å². The van der Waals surface area contributed by atoms with Crippen LogP contribution in [0.4, 0.5) is 17.6 Å². The van der Waals surface area contributed by atoms with Gasteiger partial charge < -0.3 is 10.1 Å². The Morgan fingerprint density at radius 3 is 2.58 bits per heavy atom. The summed E-state index contributed by atoms with van der Waals surface area (Å²) in [5, 5.41) is 4.98. The number of alkyl halides is 4. The molecule has 7 heteroatoms. The number of thiophene rings is 1. The normalized spacial score (nSPS) is 14.1. The highest BCUT2D eigenvalue weighted by molar-refractivity contribution is 7.10. The Kier molecular flexibility index (Phi) is 6.22. The molecule has 0 amide bonds. The predicted molar refractivity (Wildman–Crippen MR) is 67.2 cm³/mol. The molecule has 110 valence electrons. The third-order valence-electron chi connectivity index (χ3n) is 2.62. The van der Waals surface area contributed by atoms with E-state index in [9.17, 15) is 17.6 Å². The van der Waals surface area contributed by atoms with E-state index in [0.29, 0.717) is 6.54 Å². The third kappa shape index (κ3) is 4.74. The van der Waals surface area contributed by atoms with Gasteiger partial charge in [-0.1, -0.05) is 6.92 Å². The molecule has 0 aliphatic carbocycles. The van der Waals surface area contributed by atoms with Gasteiger partial charge in [-0.2, -0.15) is 8.78 Å². The molecule has 0 saturated carbocycles. The Morgan fingerprint density at radius 1 is 1.42 bits per heavy atom. The summed E-state index contributed by atoms with van der Waals surface area (Å²) in [5.74, 6) is -4.10. The van der Waals surface area contributed by atoms with E-state index in [0.717, 1.165) is 10.4 Å². The van der Waals surface area contributed by atoms with Gasteiger partial charge in [0.05, 0.1) is 12.6 Å². The van der Waals surface area contributed by atoms with E-state index in [1.807, 2.05) is 25.3 Å². The molecule has 1 atom stereocenters. The lowest BCUT2D eigenvalue weighted by atomic mass is 10.1. The molecule has 1 N–H and O–H groups in total. The molecule has 0 saturated heterocycles. The minimum absolute atomic E-state index is 0.0618. The molecule has 0 aromatic carbocycles. The topological polar surface area (TPSA) is 21.3 Å². The quantitative estimate of drug-likeness (QED) is 0.740. The highest BCUT2D eigenvalue weighted by atomic mass is 32.1. The number of rotatable bonds is 8. The van der Waals surface area contributed by atoms with Crippen molar-refractivity contribution in [3.05, 3.63) is 21.9 Å². The Hall–Kier alpha value is -0.660. The van der Waals surface area contributed by atoms with Crippen LogP contribution in [0.2, 0.25) is 0 Å². The zero-order valence-corrected chi connectivity index (χ0v) is 11.6.